The number of hydrogen-bond donors (Lipinski definition) is 1. The maximum absolute atomic E-state index is 11.8. The van der Waals surface area contributed by atoms with Crippen molar-refractivity contribution < 1.29 is 9.90 Å². The molecule has 5 aliphatic carbocycles. The van der Waals surface area contributed by atoms with Crippen molar-refractivity contribution in [3.05, 3.63) is 11.6 Å². The van der Waals surface area contributed by atoms with Crippen LogP contribution in [-0.2, 0) is 4.79 Å². The van der Waals surface area contributed by atoms with Gasteiger partial charge >= 0.3 is 0 Å². The molecule has 7 atom stereocenters. The average Bonchev–Trinajstić information content (AvgIpc) is 3.20. The third-order valence-electron chi connectivity index (χ3n) is 8.95. The van der Waals surface area contributed by atoms with Crippen molar-refractivity contribution in [1.29, 1.82) is 0 Å². The van der Waals surface area contributed by atoms with Crippen LogP contribution in [0.2, 0.25) is 0 Å². The molecule has 5 rings (SSSR count). The second-order valence-electron chi connectivity index (χ2n) is 9.32. The molecule has 0 aromatic rings. The van der Waals surface area contributed by atoms with Gasteiger partial charge in [-0.2, -0.15) is 0 Å². The Balaban J connectivity index is 1.53. The van der Waals surface area contributed by atoms with E-state index in [4.69, 9.17) is 11.6 Å². The molecule has 0 saturated heterocycles. The fraction of sp³-hybridized carbons (Fsp3) is 0.850. The second kappa shape index (κ2) is 4.43. The van der Waals surface area contributed by atoms with Crippen LogP contribution in [0.1, 0.15) is 58.3 Å². The minimum atomic E-state index is -0.652. The molecule has 0 aromatic heterocycles. The van der Waals surface area contributed by atoms with E-state index in [0.29, 0.717) is 28.9 Å². The summed E-state index contributed by atoms with van der Waals surface area (Å²) in [5, 5.41) is 11.2. The third kappa shape index (κ3) is 1.59. The smallest absolute Gasteiger partial charge is 0.155 e. The minimum Gasteiger partial charge on any atom is -0.388 e. The molecule has 0 heterocycles. The van der Waals surface area contributed by atoms with Crippen LogP contribution in [0.25, 0.3) is 0 Å². The molecule has 0 radical (unpaired) electrons. The van der Waals surface area contributed by atoms with Gasteiger partial charge in [0.2, 0.25) is 0 Å². The van der Waals surface area contributed by atoms with Crippen LogP contribution in [0.3, 0.4) is 0 Å². The molecule has 3 unspecified atom stereocenters. The Hall–Kier alpha value is -0.340. The van der Waals surface area contributed by atoms with Gasteiger partial charge in [-0.15, -0.1) is 11.6 Å². The van der Waals surface area contributed by atoms with E-state index >= 15 is 0 Å². The highest BCUT2D eigenvalue weighted by Crippen LogP contribution is 2.84. The molecule has 1 N–H and O–H groups in total. The van der Waals surface area contributed by atoms with Gasteiger partial charge in [0.15, 0.2) is 5.78 Å². The van der Waals surface area contributed by atoms with E-state index in [2.05, 4.69) is 6.92 Å². The lowest BCUT2D eigenvalue weighted by Gasteiger charge is -2.58. The van der Waals surface area contributed by atoms with Gasteiger partial charge in [-0.3, -0.25) is 4.79 Å². The zero-order chi connectivity index (χ0) is 16.0. The monoisotopic (exact) mass is 334 g/mol. The molecule has 0 amide bonds. The molecule has 4 fully saturated rings. The maximum Gasteiger partial charge on any atom is 0.155 e. The summed E-state index contributed by atoms with van der Waals surface area (Å²) in [5.74, 6) is 3.58. The third-order valence-corrected chi connectivity index (χ3v) is 9.40. The van der Waals surface area contributed by atoms with Crippen LogP contribution in [0.4, 0.5) is 0 Å². The van der Waals surface area contributed by atoms with E-state index in [0.717, 1.165) is 43.9 Å². The lowest BCUT2D eigenvalue weighted by molar-refractivity contribution is -0.133. The number of fused-ring (bicyclic) bond motifs is 3. The number of alkyl halides is 1. The molecule has 0 aromatic carbocycles. The van der Waals surface area contributed by atoms with E-state index in [-0.39, 0.29) is 5.41 Å². The summed E-state index contributed by atoms with van der Waals surface area (Å²) >= 11 is 6.25. The molecule has 5 aliphatic rings. The first-order valence-corrected chi connectivity index (χ1v) is 10.0. The van der Waals surface area contributed by atoms with Crippen LogP contribution < -0.4 is 0 Å². The Bertz CT molecular complexity index is 613. The van der Waals surface area contributed by atoms with E-state index in [1.165, 1.54) is 24.8 Å². The van der Waals surface area contributed by atoms with Crippen LogP contribution >= 0.6 is 11.6 Å². The van der Waals surface area contributed by atoms with Crippen LogP contribution in [-0.4, -0.2) is 22.4 Å². The SMILES string of the molecule is C[C@]12CC[C@H]3[C@@H](CCC4=CC(=O)CC[C@@H]43)C13CC3CC2(O)CCl. The van der Waals surface area contributed by atoms with Crippen molar-refractivity contribution in [2.75, 3.05) is 5.88 Å². The minimum absolute atomic E-state index is 0.0132. The highest BCUT2D eigenvalue weighted by atomic mass is 35.5. The molecule has 1 spiro atoms. The van der Waals surface area contributed by atoms with Crippen molar-refractivity contribution in [2.24, 2.45) is 34.5 Å². The van der Waals surface area contributed by atoms with Crippen LogP contribution in [0.5, 0.6) is 0 Å². The molecule has 4 saturated carbocycles. The molecule has 3 heteroatoms. The Morgan fingerprint density at radius 3 is 2.87 bits per heavy atom. The quantitative estimate of drug-likeness (QED) is 0.733. The maximum atomic E-state index is 11.8. The van der Waals surface area contributed by atoms with Gasteiger partial charge in [0.1, 0.15) is 0 Å². The second-order valence-corrected chi connectivity index (χ2v) is 9.59. The van der Waals surface area contributed by atoms with Crippen LogP contribution in [0.15, 0.2) is 11.6 Å². The molecule has 126 valence electrons. The number of carbonyl (C=O) groups is 1. The van der Waals surface area contributed by atoms with Crippen molar-refractivity contribution in [2.45, 2.75) is 63.9 Å². The van der Waals surface area contributed by atoms with E-state index < -0.39 is 5.60 Å². The van der Waals surface area contributed by atoms with Gasteiger partial charge in [0.25, 0.3) is 0 Å². The van der Waals surface area contributed by atoms with Gasteiger partial charge in [0.05, 0.1) is 11.5 Å². The summed E-state index contributed by atoms with van der Waals surface area (Å²) < 4.78 is 0. The highest BCUT2D eigenvalue weighted by Gasteiger charge is 2.80. The molecular formula is C20H27ClO2. The summed E-state index contributed by atoms with van der Waals surface area (Å²) in [4.78, 5) is 11.8. The first kappa shape index (κ1) is 15.0. The number of allylic oxidation sites excluding steroid dienone is 1. The predicted molar refractivity (Wildman–Crippen MR) is 90.2 cm³/mol. The number of ketones is 1. The summed E-state index contributed by atoms with van der Waals surface area (Å²) in [7, 11) is 0. The fourth-order valence-corrected chi connectivity index (χ4v) is 8.21. The van der Waals surface area contributed by atoms with Crippen molar-refractivity contribution in [3.8, 4) is 0 Å². The Morgan fingerprint density at radius 1 is 1.26 bits per heavy atom. The van der Waals surface area contributed by atoms with E-state index in [1.54, 1.807) is 0 Å². The Morgan fingerprint density at radius 2 is 2.09 bits per heavy atom. The molecule has 23 heavy (non-hydrogen) atoms. The number of carbonyl (C=O) groups excluding carboxylic acids is 1. The summed E-state index contributed by atoms with van der Waals surface area (Å²) in [6.45, 7) is 2.34. The number of rotatable bonds is 1. The highest BCUT2D eigenvalue weighted by molar-refractivity contribution is 6.18. The molecular weight excluding hydrogens is 308 g/mol. The van der Waals surface area contributed by atoms with Gasteiger partial charge < -0.3 is 5.11 Å². The number of hydrogen-bond acceptors (Lipinski definition) is 2. The van der Waals surface area contributed by atoms with E-state index in [1.807, 2.05) is 6.08 Å². The lowest BCUT2D eigenvalue weighted by atomic mass is 9.48. The number of aliphatic hydroxyl groups is 1. The topological polar surface area (TPSA) is 37.3 Å². The zero-order valence-corrected chi connectivity index (χ0v) is 14.7. The van der Waals surface area contributed by atoms with Crippen LogP contribution in [0, 0.1) is 34.5 Å². The van der Waals surface area contributed by atoms with Crippen molar-refractivity contribution in [1.82, 2.24) is 0 Å². The summed E-state index contributed by atoms with van der Waals surface area (Å²) in [6.07, 6.45) is 10.7. The Kier molecular flexibility index (Phi) is 2.88. The molecule has 2 nitrogen and oxygen atoms in total. The van der Waals surface area contributed by atoms with E-state index in [9.17, 15) is 9.90 Å². The average molecular weight is 335 g/mol. The first-order valence-electron chi connectivity index (χ1n) is 9.47. The normalized spacial score (nSPS) is 57.0. The van der Waals surface area contributed by atoms with Gasteiger partial charge in [-0.05, 0) is 80.1 Å². The lowest BCUT2D eigenvalue weighted by Crippen LogP contribution is -2.56. The fourth-order valence-electron chi connectivity index (χ4n) is 7.81. The standard InChI is InChI=1S/C20H27ClO2/c1-18-7-6-16-15-4-3-14(22)8-12(15)2-5-17(16)20(18)10-13(20)9-19(18,23)11-21/h8,13,15-17,23H,2-7,9-11H2,1H3/t13?,15-,16+,17+,18+,19?,20?/m0/s1. The van der Waals surface area contributed by atoms with Gasteiger partial charge in [0, 0.05) is 11.8 Å². The summed E-state index contributed by atoms with van der Waals surface area (Å²) in [6, 6.07) is 0. The first-order chi connectivity index (χ1) is 11.0. The Labute approximate surface area is 143 Å². The summed E-state index contributed by atoms with van der Waals surface area (Å²) in [5.41, 5.74) is 1.16. The predicted octanol–water partition coefficient (Wildman–Crippen LogP) is 4.10. The van der Waals surface area contributed by atoms with Crippen molar-refractivity contribution in [3.63, 3.8) is 0 Å². The largest absolute Gasteiger partial charge is 0.388 e. The van der Waals surface area contributed by atoms with Gasteiger partial charge in [-0.25, -0.2) is 0 Å². The molecule has 0 aliphatic heterocycles. The van der Waals surface area contributed by atoms with Gasteiger partial charge in [-0.1, -0.05) is 12.5 Å². The number of halogens is 1. The van der Waals surface area contributed by atoms with Crippen molar-refractivity contribution >= 4 is 17.4 Å². The molecule has 0 bridgehead atoms. The zero-order valence-electron chi connectivity index (χ0n) is 14.0.